The number of carbonyl (C=O) groups is 1. The summed E-state index contributed by atoms with van der Waals surface area (Å²) < 4.78 is 0. The molecular formula is C13H14N4O. The lowest BCUT2D eigenvalue weighted by Crippen LogP contribution is -2.20. The third kappa shape index (κ3) is 3.50. The van der Waals surface area contributed by atoms with Gasteiger partial charge in [-0.3, -0.25) is 4.79 Å². The Morgan fingerprint density at radius 2 is 1.72 bits per heavy atom. The zero-order valence-corrected chi connectivity index (χ0v) is 10.4. The number of nitriles is 2. The second-order valence-corrected chi connectivity index (χ2v) is 3.99. The second kappa shape index (κ2) is 6.27. The van der Waals surface area contributed by atoms with Crippen molar-refractivity contribution in [2.75, 3.05) is 19.0 Å². The third-order valence-electron chi connectivity index (χ3n) is 2.53. The molecule has 0 fully saturated rings. The van der Waals surface area contributed by atoms with Crippen LogP contribution in [0.5, 0.6) is 0 Å². The summed E-state index contributed by atoms with van der Waals surface area (Å²) in [6.07, 6.45) is 3.73. The lowest BCUT2D eigenvalue weighted by Gasteiger charge is -2.12. The molecule has 0 radical (unpaired) electrons. The van der Waals surface area contributed by atoms with Crippen LogP contribution in [0, 0.1) is 22.9 Å². The van der Waals surface area contributed by atoms with Crippen LogP contribution >= 0.6 is 0 Å². The van der Waals surface area contributed by atoms with Gasteiger partial charge < -0.3 is 4.90 Å². The number of carbonyl (C=O) groups excluding carboxylic acids is 1. The minimum Gasteiger partial charge on any atom is -0.378 e. The topological polar surface area (TPSA) is 71.1 Å². The van der Waals surface area contributed by atoms with Gasteiger partial charge in [-0.1, -0.05) is 12.1 Å². The molecule has 0 spiro atoms. The summed E-state index contributed by atoms with van der Waals surface area (Å²) in [4.78, 5) is 13.9. The zero-order chi connectivity index (χ0) is 13.5. The standard InChI is InChI=1S/C13H14N4O/c1-16(2)12-6-3-11(4-7-12)5-8-13(18)17(9-14)10-15/h3-4,6-7H,5,8H2,1-2H3. The van der Waals surface area contributed by atoms with Gasteiger partial charge in [-0.05, 0) is 24.1 Å². The highest BCUT2D eigenvalue weighted by molar-refractivity contribution is 5.79. The monoisotopic (exact) mass is 242 g/mol. The van der Waals surface area contributed by atoms with Crippen molar-refractivity contribution >= 4 is 11.6 Å². The molecule has 0 aromatic heterocycles. The van der Waals surface area contributed by atoms with Crippen molar-refractivity contribution in [3.63, 3.8) is 0 Å². The van der Waals surface area contributed by atoms with E-state index in [2.05, 4.69) is 0 Å². The molecule has 0 atom stereocenters. The van der Waals surface area contributed by atoms with Crippen molar-refractivity contribution in [3.8, 4) is 12.4 Å². The maximum atomic E-state index is 11.4. The number of rotatable bonds is 4. The van der Waals surface area contributed by atoms with Crippen molar-refractivity contribution in [1.82, 2.24) is 4.90 Å². The highest BCUT2D eigenvalue weighted by Gasteiger charge is 2.11. The van der Waals surface area contributed by atoms with Gasteiger partial charge in [0, 0.05) is 26.2 Å². The van der Waals surface area contributed by atoms with Gasteiger partial charge in [0.15, 0.2) is 0 Å². The van der Waals surface area contributed by atoms with Crippen LogP contribution in [-0.2, 0) is 11.2 Å². The molecule has 0 aliphatic carbocycles. The number of hydrogen-bond acceptors (Lipinski definition) is 4. The van der Waals surface area contributed by atoms with E-state index in [0.29, 0.717) is 11.3 Å². The smallest absolute Gasteiger partial charge is 0.249 e. The van der Waals surface area contributed by atoms with E-state index in [0.717, 1.165) is 11.3 Å². The molecular weight excluding hydrogens is 228 g/mol. The van der Waals surface area contributed by atoms with Crippen LogP contribution < -0.4 is 4.90 Å². The van der Waals surface area contributed by atoms with E-state index in [4.69, 9.17) is 10.5 Å². The lowest BCUT2D eigenvalue weighted by atomic mass is 10.1. The third-order valence-corrected chi connectivity index (χ3v) is 2.53. The number of amides is 1. The predicted molar refractivity (Wildman–Crippen MR) is 67.2 cm³/mol. The van der Waals surface area contributed by atoms with Crippen molar-refractivity contribution in [1.29, 1.82) is 10.5 Å². The first-order valence-corrected chi connectivity index (χ1v) is 5.47. The molecule has 0 saturated heterocycles. The highest BCUT2D eigenvalue weighted by Crippen LogP contribution is 2.13. The van der Waals surface area contributed by atoms with Crippen LogP contribution in [0.3, 0.4) is 0 Å². The minimum absolute atomic E-state index is 0.155. The zero-order valence-electron chi connectivity index (χ0n) is 10.4. The Morgan fingerprint density at radius 1 is 1.17 bits per heavy atom. The average Bonchev–Trinajstić information content (AvgIpc) is 2.38. The molecule has 1 aromatic carbocycles. The normalized spacial score (nSPS) is 9.11. The summed E-state index contributed by atoms with van der Waals surface area (Å²) in [6.45, 7) is 0. The Kier molecular flexibility index (Phi) is 4.71. The Balaban J connectivity index is 2.57. The van der Waals surface area contributed by atoms with Crippen LogP contribution in [-0.4, -0.2) is 24.9 Å². The first kappa shape index (κ1) is 13.5. The second-order valence-electron chi connectivity index (χ2n) is 3.99. The molecule has 0 unspecified atom stereocenters. The molecule has 0 aliphatic rings. The molecule has 0 N–H and O–H groups in total. The average molecular weight is 242 g/mol. The summed E-state index contributed by atoms with van der Waals surface area (Å²) in [5.74, 6) is -0.475. The fourth-order valence-electron chi connectivity index (χ4n) is 1.46. The number of hydrogen-bond donors (Lipinski definition) is 0. The number of benzene rings is 1. The summed E-state index contributed by atoms with van der Waals surface area (Å²) >= 11 is 0. The Bertz CT molecular complexity index is 479. The SMILES string of the molecule is CN(C)c1ccc(CCC(=O)N(C#N)C#N)cc1. The van der Waals surface area contributed by atoms with E-state index in [1.165, 1.54) is 12.4 Å². The van der Waals surface area contributed by atoms with Crippen LogP contribution in [0.15, 0.2) is 24.3 Å². The molecule has 0 aliphatic heterocycles. The molecule has 1 amide bonds. The largest absolute Gasteiger partial charge is 0.378 e. The minimum atomic E-state index is -0.475. The number of nitrogens with zero attached hydrogens (tertiary/aromatic N) is 4. The van der Waals surface area contributed by atoms with Crippen LogP contribution in [0.1, 0.15) is 12.0 Å². The fraction of sp³-hybridized carbons (Fsp3) is 0.308. The molecule has 5 heteroatoms. The Hall–Kier alpha value is -2.53. The van der Waals surface area contributed by atoms with Gasteiger partial charge in [-0.2, -0.15) is 10.5 Å². The van der Waals surface area contributed by atoms with Gasteiger partial charge in [0.05, 0.1) is 0 Å². The fourth-order valence-corrected chi connectivity index (χ4v) is 1.46. The van der Waals surface area contributed by atoms with E-state index in [9.17, 15) is 4.79 Å². The molecule has 0 bridgehead atoms. The van der Waals surface area contributed by atoms with Crippen LogP contribution in [0.4, 0.5) is 5.69 Å². The molecule has 0 saturated carbocycles. The first-order valence-electron chi connectivity index (χ1n) is 5.47. The van der Waals surface area contributed by atoms with Crippen LogP contribution in [0.2, 0.25) is 0 Å². The maximum Gasteiger partial charge on any atom is 0.249 e. The van der Waals surface area contributed by atoms with E-state index in [1.54, 1.807) is 0 Å². The predicted octanol–water partition coefficient (Wildman–Crippen LogP) is 1.48. The van der Waals surface area contributed by atoms with Crippen LogP contribution in [0.25, 0.3) is 0 Å². The molecule has 1 aromatic rings. The number of aryl methyl sites for hydroxylation is 1. The Labute approximate surface area is 106 Å². The molecule has 1 rings (SSSR count). The van der Waals surface area contributed by atoms with Crippen molar-refractivity contribution < 1.29 is 4.79 Å². The quantitative estimate of drug-likeness (QED) is 0.592. The van der Waals surface area contributed by atoms with Gasteiger partial charge >= 0.3 is 0 Å². The summed E-state index contributed by atoms with van der Waals surface area (Å²) in [5.41, 5.74) is 2.09. The summed E-state index contributed by atoms with van der Waals surface area (Å²) in [6, 6.07) is 7.80. The van der Waals surface area contributed by atoms with Gasteiger partial charge in [0.2, 0.25) is 18.3 Å². The molecule has 0 heterocycles. The maximum absolute atomic E-state index is 11.4. The van der Waals surface area contributed by atoms with E-state index in [-0.39, 0.29) is 6.42 Å². The Morgan fingerprint density at radius 3 is 2.17 bits per heavy atom. The van der Waals surface area contributed by atoms with Gasteiger partial charge in [-0.15, -0.1) is 4.90 Å². The van der Waals surface area contributed by atoms with Gasteiger partial charge in [0.1, 0.15) is 0 Å². The van der Waals surface area contributed by atoms with Gasteiger partial charge in [-0.25, -0.2) is 0 Å². The molecule has 5 nitrogen and oxygen atoms in total. The molecule has 92 valence electrons. The highest BCUT2D eigenvalue weighted by atomic mass is 16.2. The lowest BCUT2D eigenvalue weighted by molar-refractivity contribution is -0.125. The van der Waals surface area contributed by atoms with E-state index >= 15 is 0 Å². The van der Waals surface area contributed by atoms with Crippen molar-refractivity contribution in [3.05, 3.63) is 29.8 Å². The number of anilines is 1. The molecule has 18 heavy (non-hydrogen) atoms. The van der Waals surface area contributed by atoms with E-state index in [1.807, 2.05) is 43.3 Å². The van der Waals surface area contributed by atoms with Crippen molar-refractivity contribution in [2.45, 2.75) is 12.8 Å². The van der Waals surface area contributed by atoms with Gasteiger partial charge in [0.25, 0.3) is 0 Å². The first-order chi connectivity index (χ1) is 8.58. The summed E-state index contributed by atoms with van der Waals surface area (Å²) in [7, 11) is 3.91. The van der Waals surface area contributed by atoms with E-state index < -0.39 is 5.91 Å². The van der Waals surface area contributed by atoms with Crippen molar-refractivity contribution in [2.24, 2.45) is 0 Å². The summed E-state index contributed by atoms with van der Waals surface area (Å²) in [5, 5.41) is 17.0.